The largest absolute Gasteiger partial charge is 0.417 e. The van der Waals surface area contributed by atoms with Crippen molar-refractivity contribution >= 4 is 11.6 Å². The molecule has 0 amide bonds. The summed E-state index contributed by atoms with van der Waals surface area (Å²) in [7, 11) is 0. The first kappa shape index (κ1) is 14.3. The molecule has 0 aromatic carbocycles. The highest BCUT2D eigenvalue weighted by molar-refractivity contribution is 6.31. The summed E-state index contributed by atoms with van der Waals surface area (Å²) in [4.78, 5) is 3.73. The number of nitrogens with zero attached hydrogens (tertiary/aromatic N) is 1. The molecule has 0 fully saturated rings. The lowest BCUT2D eigenvalue weighted by molar-refractivity contribution is -0.137. The van der Waals surface area contributed by atoms with E-state index in [1.165, 1.54) is 0 Å². The first-order valence-corrected chi connectivity index (χ1v) is 5.55. The Labute approximate surface area is 102 Å². The third kappa shape index (κ3) is 3.33. The molecule has 2 atom stereocenters. The number of alkyl halides is 3. The topological polar surface area (TPSA) is 33.1 Å². The zero-order valence-corrected chi connectivity index (χ0v) is 10.2. The highest BCUT2D eigenvalue weighted by atomic mass is 35.5. The first-order chi connectivity index (χ1) is 7.77. The van der Waals surface area contributed by atoms with Crippen LogP contribution in [0, 0.1) is 0 Å². The molecule has 6 heteroatoms. The van der Waals surface area contributed by atoms with Gasteiger partial charge < -0.3 is 5.11 Å². The number of aromatic nitrogens is 1. The molecule has 1 aromatic rings. The van der Waals surface area contributed by atoms with Crippen LogP contribution in [0.15, 0.2) is 12.3 Å². The van der Waals surface area contributed by atoms with Gasteiger partial charge in [0.1, 0.15) is 0 Å². The summed E-state index contributed by atoms with van der Waals surface area (Å²) < 4.78 is 37.2. The molecule has 0 spiro atoms. The molecule has 1 heterocycles. The molecule has 2 unspecified atom stereocenters. The minimum atomic E-state index is -4.46. The molecule has 1 rings (SSSR count). The Morgan fingerprint density at radius 1 is 1.47 bits per heavy atom. The van der Waals surface area contributed by atoms with Crippen LogP contribution in [-0.2, 0) is 6.18 Å². The van der Waals surface area contributed by atoms with Crippen molar-refractivity contribution in [1.82, 2.24) is 4.98 Å². The summed E-state index contributed by atoms with van der Waals surface area (Å²) >= 11 is 5.78. The average molecular weight is 268 g/mol. The standard InChI is InChI=1S/C11H13ClF3NO/c1-3-8(6(2)17)10-9(12)4-7(5-16-10)11(13,14)15/h4-6,8,17H,3H2,1-2H3. The molecule has 1 aromatic heterocycles. The van der Waals surface area contributed by atoms with Gasteiger partial charge in [0.2, 0.25) is 0 Å². The lowest BCUT2D eigenvalue weighted by Gasteiger charge is -2.19. The monoisotopic (exact) mass is 267 g/mol. The molecule has 0 saturated carbocycles. The van der Waals surface area contributed by atoms with Crippen molar-refractivity contribution in [2.24, 2.45) is 0 Å². The normalized spacial score (nSPS) is 15.7. The second-order valence-electron chi connectivity index (χ2n) is 3.84. The number of rotatable bonds is 3. The Hall–Kier alpha value is -0.810. The fourth-order valence-corrected chi connectivity index (χ4v) is 1.95. The average Bonchev–Trinajstić information content (AvgIpc) is 2.19. The van der Waals surface area contributed by atoms with Crippen molar-refractivity contribution in [3.05, 3.63) is 28.5 Å². The van der Waals surface area contributed by atoms with Gasteiger partial charge in [-0.1, -0.05) is 18.5 Å². The molecule has 2 nitrogen and oxygen atoms in total. The van der Waals surface area contributed by atoms with E-state index in [0.717, 1.165) is 12.3 Å². The lowest BCUT2D eigenvalue weighted by atomic mass is 9.96. The van der Waals surface area contributed by atoms with Crippen LogP contribution in [0.4, 0.5) is 13.2 Å². The minimum Gasteiger partial charge on any atom is -0.393 e. The summed E-state index contributed by atoms with van der Waals surface area (Å²) in [5, 5.41) is 9.44. The molecule has 0 bridgehead atoms. The van der Waals surface area contributed by atoms with Crippen LogP contribution >= 0.6 is 11.6 Å². The van der Waals surface area contributed by atoms with Crippen LogP contribution in [0.2, 0.25) is 5.02 Å². The number of halogens is 4. The second kappa shape index (κ2) is 5.23. The maximum absolute atomic E-state index is 12.4. The van der Waals surface area contributed by atoms with Crippen molar-refractivity contribution in [3.63, 3.8) is 0 Å². The number of hydrogen-bond acceptors (Lipinski definition) is 2. The van der Waals surface area contributed by atoms with Gasteiger partial charge in [0.25, 0.3) is 0 Å². The van der Waals surface area contributed by atoms with Crippen LogP contribution in [-0.4, -0.2) is 16.2 Å². The zero-order valence-electron chi connectivity index (χ0n) is 9.42. The molecule has 0 radical (unpaired) electrons. The van der Waals surface area contributed by atoms with Gasteiger partial charge in [-0.15, -0.1) is 0 Å². The number of aliphatic hydroxyl groups excluding tert-OH is 1. The number of aliphatic hydroxyl groups is 1. The van der Waals surface area contributed by atoms with Gasteiger partial charge in [-0.2, -0.15) is 13.2 Å². The van der Waals surface area contributed by atoms with E-state index in [1.807, 2.05) is 6.92 Å². The van der Waals surface area contributed by atoms with E-state index in [2.05, 4.69) is 4.98 Å². The maximum Gasteiger partial charge on any atom is 0.417 e. The smallest absolute Gasteiger partial charge is 0.393 e. The molecule has 0 aliphatic heterocycles. The molecule has 0 aliphatic rings. The summed E-state index contributed by atoms with van der Waals surface area (Å²) in [6.45, 7) is 3.37. The molecule has 96 valence electrons. The molecule has 1 N–H and O–H groups in total. The second-order valence-corrected chi connectivity index (χ2v) is 4.25. The first-order valence-electron chi connectivity index (χ1n) is 5.18. The van der Waals surface area contributed by atoms with E-state index in [-0.39, 0.29) is 10.9 Å². The number of pyridine rings is 1. The molecule has 17 heavy (non-hydrogen) atoms. The summed E-state index contributed by atoms with van der Waals surface area (Å²) in [5.74, 6) is -0.357. The third-order valence-corrected chi connectivity index (χ3v) is 2.87. The SMILES string of the molecule is CCC(c1ncc(C(F)(F)F)cc1Cl)C(C)O. The Kier molecular flexibility index (Phi) is 4.38. The van der Waals surface area contributed by atoms with Gasteiger partial charge in [0.05, 0.1) is 22.4 Å². The van der Waals surface area contributed by atoms with Crippen molar-refractivity contribution in [3.8, 4) is 0 Å². The highest BCUT2D eigenvalue weighted by Gasteiger charge is 2.32. The summed E-state index contributed by atoms with van der Waals surface area (Å²) in [5.41, 5.74) is -0.580. The van der Waals surface area contributed by atoms with E-state index in [4.69, 9.17) is 11.6 Å². The summed E-state index contributed by atoms with van der Waals surface area (Å²) in [6.07, 6.45) is -3.87. The maximum atomic E-state index is 12.4. The molecular weight excluding hydrogens is 255 g/mol. The van der Waals surface area contributed by atoms with E-state index in [0.29, 0.717) is 12.1 Å². The lowest BCUT2D eigenvalue weighted by Crippen LogP contribution is -2.16. The van der Waals surface area contributed by atoms with Gasteiger partial charge in [-0.25, -0.2) is 0 Å². The van der Waals surface area contributed by atoms with Crippen molar-refractivity contribution in [2.45, 2.75) is 38.5 Å². The quantitative estimate of drug-likeness (QED) is 0.907. The van der Waals surface area contributed by atoms with E-state index in [1.54, 1.807) is 6.92 Å². The highest BCUT2D eigenvalue weighted by Crippen LogP contribution is 2.34. The van der Waals surface area contributed by atoms with Crippen LogP contribution in [0.1, 0.15) is 37.4 Å². The van der Waals surface area contributed by atoms with Crippen LogP contribution < -0.4 is 0 Å². The van der Waals surface area contributed by atoms with Crippen LogP contribution in [0.25, 0.3) is 0 Å². The minimum absolute atomic E-state index is 0.0624. The predicted octanol–water partition coefficient (Wildman–Crippen LogP) is 3.63. The zero-order chi connectivity index (χ0) is 13.2. The van der Waals surface area contributed by atoms with Gasteiger partial charge in [-0.3, -0.25) is 4.98 Å². The molecule has 0 aliphatic carbocycles. The Balaban J connectivity index is 3.13. The fraction of sp³-hybridized carbons (Fsp3) is 0.545. The van der Waals surface area contributed by atoms with Crippen molar-refractivity contribution < 1.29 is 18.3 Å². The van der Waals surface area contributed by atoms with Crippen molar-refractivity contribution in [1.29, 1.82) is 0 Å². The Bertz CT molecular complexity index is 393. The van der Waals surface area contributed by atoms with Gasteiger partial charge in [0.15, 0.2) is 0 Å². The van der Waals surface area contributed by atoms with Gasteiger partial charge in [-0.05, 0) is 19.4 Å². The Morgan fingerprint density at radius 3 is 2.41 bits per heavy atom. The Morgan fingerprint density at radius 2 is 2.06 bits per heavy atom. The molecule has 0 saturated heterocycles. The fourth-order valence-electron chi connectivity index (χ4n) is 1.64. The third-order valence-electron chi connectivity index (χ3n) is 2.57. The van der Waals surface area contributed by atoms with E-state index in [9.17, 15) is 18.3 Å². The van der Waals surface area contributed by atoms with Crippen LogP contribution in [0.5, 0.6) is 0 Å². The number of hydrogen-bond donors (Lipinski definition) is 1. The van der Waals surface area contributed by atoms with Gasteiger partial charge in [0, 0.05) is 12.1 Å². The van der Waals surface area contributed by atoms with Crippen LogP contribution in [0.3, 0.4) is 0 Å². The van der Waals surface area contributed by atoms with E-state index >= 15 is 0 Å². The molecular formula is C11H13ClF3NO. The summed E-state index contributed by atoms with van der Waals surface area (Å²) in [6, 6.07) is 0.842. The van der Waals surface area contributed by atoms with Crippen molar-refractivity contribution in [2.75, 3.05) is 0 Å². The predicted molar refractivity (Wildman–Crippen MR) is 59.0 cm³/mol. The van der Waals surface area contributed by atoms with Gasteiger partial charge >= 0.3 is 6.18 Å². The van der Waals surface area contributed by atoms with E-state index < -0.39 is 17.8 Å².